The normalized spacial score (nSPS) is 27.7. The maximum atomic E-state index is 5.37. The highest BCUT2D eigenvalue weighted by atomic mass is 35.5. The molecule has 0 aromatic heterocycles. The quantitative estimate of drug-likeness (QED) is 0.843. The van der Waals surface area contributed by atoms with Crippen molar-refractivity contribution in [2.75, 3.05) is 27.2 Å². The Hall–Kier alpha value is -0.380. The summed E-state index contributed by atoms with van der Waals surface area (Å²) >= 11 is 2.11. The van der Waals surface area contributed by atoms with Gasteiger partial charge in [0.2, 0.25) is 0 Å². The summed E-state index contributed by atoms with van der Waals surface area (Å²) in [5, 5.41) is 0.676. The van der Waals surface area contributed by atoms with Gasteiger partial charge >= 0.3 is 0 Å². The first-order valence-electron chi connectivity index (χ1n) is 6.60. The van der Waals surface area contributed by atoms with Crippen LogP contribution in [0.15, 0.2) is 24.3 Å². The van der Waals surface area contributed by atoms with Crippen LogP contribution in [-0.2, 0) is 4.75 Å². The summed E-state index contributed by atoms with van der Waals surface area (Å²) < 4.78 is 5.58. The minimum absolute atomic E-state index is 0. The average Bonchev–Trinajstić information content (AvgIpc) is 2.37. The zero-order valence-corrected chi connectivity index (χ0v) is 13.8. The molecule has 1 aromatic rings. The predicted molar refractivity (Wildman–Crippen MR) is 86.8 cm³/mol. The molecule has 1 aliphatic heterocycles. The molecule has 108 valence electrons. The van der Waals surface area contributed by atoms with Gasteiger partial charge in [-0.05, 0) is 31.2 Å². The monoisotopic (exact) mass is 301 g/mol. The fourth-order valence-electron chi connectivity index (χ4n) is 2.86. The van der Waals surface area contributed by atoms with E-state index in [2.05, 4.69) is 55.8 Å². The lowest BCUT2D eigenvalue weighted by Gasteiger charge is -2.44. The van der Waals surface area contributed by atoms with Crippen molar-refractivity contribution < 1.29 is 4.74 Å². The van der Waals surface area contributed by atoms with Gasteiger partial charge in [-0.15, -0.1) is 24.2 Å². The molecule has 0 aliphatic carbocycles. The molecule has 0 amide bonds. The maximum absolute atomic E-state index is 5.37. The summed E-state index contributed by atoms with van der Waals surface area (Å²) in [6, 6.07) is 8.56. The molecule has 1 aromatic carbocycles. The second-order valence-corrected chi connectivity index (χ2v) is 7.03. The summed E-state index contributed by atoms with van der Waals surface area (Å²) in [6.45, 7) is 6.91. The van der Waals surface area contributed by atoms with Gasteiger partial charge in [-0.1, -0.05) is 26.0 Å². The first-order valence-corrected chi connectivity index (χ1v) is 7.48. The Kier molecular flexibility index (Phi) is 6.03. The second kappa shape index (κ2) is 6.87. The van der Waals surface area contributed by atoms with Gasteiger partial charge in [-0.2, -0.15) is 0 Å². The van der Waals surface area contributed by atoms with Gasteiger partial charge in [0.05, 0.1) is 11.9 Å². The third kappa shape index (κ3) is 3.59. The van der Waals surface area contributed by atoms with E-state index in [1.165, 1.54) is 12.1 Å². The lowest BCUT2D eigenvalue weighted by atomic mass is 9.94. The molecule has 4 heteroatoms. The van der Waals surface area contributed by atoms with E-state index in [9.17, 15) is 0 Å². The molecular weight excluding hydrogens is 278 g/mol. The Labute approximate surface area is 127 Å². The van der Waals surface area contributed by atoms with Crippen LogP contribution in [0.5, 0.6) is 5.75 Å². The van der Waals surface area contributed by atoms with Crippen molar-refractivity contribution in [3.8, 4) is 5.75 Å². The number of ether oxygens (including phenoxy) is 1. The molecule has 1 heterocycles. The predicted octanol–water partition coefficient (Wildman–Crippen LogP) is 3.79. The highest BCUT2D eigenvalue weighted by Gasteiger charge is 2.38. The van der Waals surface area contributed by atoms with Gasteiger partial charge in [-0.25, -0.2) is 0 Å². The lowest BCUT2D eigenvalue weighted by Crippen LogP contribution is -2.45. The van der Waals surface area contributed by atoms with Gasteiger partial charge < -0.3 is 9.64 Å². The molecular formula is C15H24ClNOS. The summed E-state index contributed by atoms with van der Waals surface area (Å²) in [4.78, 5) is 2.45. The van der Waals surface area contributed by atoms with Crippen LogP contribution in [0, 0.1) is 0 Å². The van der Waals surface area contributed by atoms with Crippen molar-refractivity contribution in [2.45, 2.75) is 30.3 Å². The standard InChI is InChI=1S/C15H23NOS.ClH/c1-5-15(11-16(3)10-12(2)18-15)13-7-6-8-14(9-13)17-4;/h6-9,12H,5,10-11H2,1-4H3;1H/t12-,15?;/m1./s1. The lowest BCUT2D eigenvalue weighted by molar-refractivity contribution is 0.278. The third-order valence-electron chi connectivity index (χ3n) is 3.69. The molecule has 19 heavy (non-hydrogen) atoms. The van der Waals surface area contributed by atoms with E-state index >= 15 is 0 Å². The average molecular weight is 302 g/mol. The van der Waals surface area contributed by atoms with Crippen molar-refractivity contribution in [1.29, 1.82) is 0 Å². The Morgan fingerprint density at radius 1 is 1.47 bits per heavy atom. The molecule has 2 nitrogen and oxygen atoms in total. The number of methoxy groups -OCH3 is 1. The summed E-state index contributed by atoms with van der Waals surface area (Å²) in [7, 11) is 3.96. The molecule has 0 N–H and O–H groups in total. The highest BCUT2D eigenvalue weighted by Crippen LogP contribution is 2.46. The zero-order chi connectivity index (χ0) is 13.2. The summed E-state index contributed by atoms with van der Waals surface area (Å²) in [5.74, 6) is 0.960. The molecule has 0 saturated carbocycles. The van der Waals surface area contributed by atoms with Gasteiger partial charge in [0.1, 0.15) is 5.75 Å². The van der Waals surface area contributed by atoms with Crippen molar-refractivity contribution >= 4 is 24.2 Å². The van der Waals surface area contributed by atoms with Crippen LogP contribution < -0.4 is 4.74 Å². The molecule has 2 atom stereocenters. The van der Waals surface area contributed by atoms with E-state index in [4.69, 9.17) is 4.74 Å². The van der Waals surface area contributed by atoms with E-state index in [0.29, 0.717) is 5.25 Å². The largest absolute Gasteiger partial charge is 0.497 e. The fraction of sp³-hybridized carbons (Fsp3) is 0.600. The molecule has 2 rings (SSSR count). The number of thioether (sulfide) groups is 1. The zero-order valence-electron chi connectivity index (χ0n) is 12.2. The minimum Gasteiger partial charge on any atom is -0.497 e. The molecule has 1 saturated heterocycles. The highest BCUT2D eigenvalue weighted by molar-refractivity contribution is 8.00. The van der Waals surface area contributed by atoms with Gasteiger partial charge in [0, 0.05) is 18.3 Å². The fourth-order valence-corrected chi connectivity index (χ4v) is 4.69. The van der Waals surface area contributed by atoms with Crippen LogP contribution in [0.3, 0.4) is 0 Å². The molecule has 0 spiro atoms. The van der Waals surface area contributed by atoms with E-state index < -0.39 is 0 Å². The van der Waals surface area contributed by atoms with E-state index in [0.717, 1.165) is 18.7 Å². The Morgan fingerprint density at radius 2 is 2.21 bits per heavy atom. The van der Waals surface area contributed by atoms with Crippen LogP contribution >= 0.6 is 24.2 Å². The first kappa shape index (κ1) is 16.7. The van der Waals surface area contributed by atoms with Crippen LogP contribution in [0.1, 0.15) is 25.8 Å². The third-order valence-corrected chi connectivity index (χ3v) is 5.34. The number of nitrogens with zero attached hydrogens (tertiary/aromatic N) is 1. The van der Waals surface area contributed by atoms with Gasteiger partial charge in [-0.3, -0.25) is 0 Å². The van der Waals surface area contributed by atoms with Crippen LogP contribution in [0.4, 0.5) is 0 Å². The molecule has 0 bridgehead atoms. The first-order chi connectivity index (χ1) is 8.59. The number of halogens is 1. The van der Waals surface area contributed by atoms with Crippen molar-refractivity contribution in [1.82, 2.24) is 4.90 Å². The SMILES string of the molecule is CCC1(c2cccc(OC)c2)CN(C)C[C@@H](C)S1.Cl. The van der Waals surface area contributed by atoms with Gasteiger partial charge in [0.15, 0.2) is 0 Å². The number of likely N-dealkylation sites (N-methyl/N-ethyl adjacent to an activating group) is 1. The van der Waals surface area contributed by atoms with E-state index in [-0.39, 0.29) is 17.2 Å². The van der Waals surface area contributed by atoms with Crippen molar-refractivity contribution in [2.24, 2.45) is 0 Å². The van der Waals surface area contributed by atoms with Crippen LogP contribution in [-0.4, -0.2) is 37.4 Å². The molecule has 0 radical (unpaired) electrons. The summed E-state index contributed by atoms with van der Waals surface area (Å²) in [6.07, 6.45) is 1.15. The number of hydrogen-bond donors (Lipinski definition) is 0. The van der Waals surface area contributed by atoms with Crippen molar-refractivity contribution in [3.63, 3.8) is 0 Å². The van der Waals surface area contributed by atoms with Gasteiger partial charge in [0.25, 0.3) is 0 Å². The van der Waals surface area contributed by atoms with E-state index in [1.54, 1.807) is 7.11 Å². The van der Waals surface area contributed by atoms with Crippen LogP contribution in [0.2, 0.25) is 0 Å². The van der Waals surface area contributed by atoms with E-state index in [1.807, 2.05) is 6.07 Å². The Morgan fingerprint density at radius 3 is 2.79 bits per heavy atom. The Bertz CT molecular complexity index is 403. The Balaban J connectivity index is 0.00000180. The van der Waals surface area contributed by atoms with Crippen molar-refractivity contribution in [3.05, 3.63) is 29.8 Å². The number of rotatable bonds is 3. The smallest absolute Gasteiger partial charge is 0.119 e. The number of benzene rings is 1. The van der Waals surface area contributed by atoms with Crippen LogP contribution in [0.25, 0.3) is 0 Å². The molecule has 1 fully saturated rings. The minimum atomic E-state index is 0. The number of hydrogen-bond acceptors (Lipinski definition) is 3. The maximum Gasteiger partial charge on any atom is 0.119 e. The molecule has 1 aliphatic rings. The topological polar surface area (TPSA) is 12.5 Å². The second-order valence-electron chi connectivity index (χ2n) is 5.21. The summed E-state index contributed by atoms with van der Waals surface area (Å²) in [5.41, 5.74) is 1.40. The molecule has 1 unspecified atom stereocenters.